The molecule has 136 valence electrons. The fraction of sp³-hybridized carbons (Fsp3) is 0.462. The number of carbonyl (C=O) groups is 1. The van der Waals surface area contributed by atoms with Crippen LogP contribution < -0.4 is 5.32 Å². The lowest BCUT2D eigenvalue weighted by Gasteiger charge is -2.06. The highest BCUT2D eigenvalue weighted by atomic mass is 19.4. The van der Waals surface area contributed by atoms with E-state index in [4.69, 9.17) is 0 Å². The summed E-state index contributed by atoms with van der Waals surface area (Å²) in [7, 11) is 1.73. The van der Waals surface area contributed by atoms with Gasteiger partial charge >= 0.3 is 11.9 Å². The zero-order chi connectivity index (χ0) is 18.9. The number of nitrogens with one attached hydrogen (secondary N) is 1. The van der Waals surface area contributed by atoms with E-state index >= 15 is 0 Å². The number of nitrogens with zero attached hydrogens (tertiary/aromatic N) is 5. The molecule has 2 aromatic heterocycles. The van der Waals surface area contributed by atoms with E-state index in [1.165, 1.54) is 0 Å². The number of rotatable bonds is 5. The maximum Gasteiger partial charge on any atom is 0.442 e. The highest BCUT2D eigenvalue weighted by Gasteiger charge is 2.44. The third-order valence-electron chi connectivity index (χ3n) is 3.73. The van der Waals surface area contributed by atoms with Crippen molar-refractivity contribution >= 4 is 11.6 Å². The van der Waals surface area contributed by atoms with Gasteiger partial charge in [0.1, 0.15) is 12.2 Å². The SMILES string of the molecule is Cc1c(CNC(=O)Cn2nc(C(F)(F)F)c([N+](=O)[O-])c2C)cnn1C. The van der Waals surface area contributed by atoms with Crippen molar-refractivity contribution in [2.45, 2.75) is 33.1 Å². The lowest BCUT2D eigenvalue weighted by Crippen LogP contribution is -2.28. The molecular formula is C13H15F3N6O3. The summed E-state index contributed by atoms with van der Waals surface area (Å²) in [6.45, 7) is 2.47. The van der Waals surface area contributed by atoms with Gasteiger partial charge in [0, 0.05) is 24.8 Å². The molecule has 25 heavy (non-hydrogen) atoms. The molecule has 0 aliphatic heterocycles. The van der Waals surface area contributed by atoms with Crippen molar-refractivity contribution in [3.8, 4) is 0 Å². The Hall–Kier alpha value is -2.92. The zero-order valence-corrected chi connectivity index (χ0v) is 13.6. The minimum Gasteiger partial charge on any atom is -0.350 e. The molecule has 0 aliphatic rings. The Morgan fingerprint density at radius 3 is 2.44 bits per heavy atom. The second-order valence-corrected chi connectivity index (χ2v) is 5.35. The van der Waals surface area contributed by atoms with Crippen molar-refractivity contribution in [1.29, 1.82) is 0 Å². The van der Waals surface area contributed by atoms with E-state index in [1.807, 2.05) is 0 Å². The van der Waals surface area contributed by atoms with Gasteiger partial charge in [-0.2, -0.15) is 23.4 Å². The number of carbonyl (C=O) groups excluding carboxylic acids is 1. The summed E-state index contributed by atoms with van der Waals surface area (Å²) in [6, 6.07) is 0. The van der Waals surface area contributed by atoms with Crippen LogP contribution in [0.15, 0.2) is 6.20 Å². The summed E-state index contributed by atoms with van der Waals surface area (Å²) < 4.78 is 40.9. The number of aryl methyl sites for hydroxylation is 1. The lowest BCUT2D eigenvalue weighted by molar-refractivity contribution is -0.388. The van der Waals surface area contributed by atoms with Gasteiger partial charge in [-0.15, -0.1) is 0 Å². The van der Waals surface area contributed by atoms with E-state index in [9.17, 15) is 28.1 Å². The summed E-state index contributed by atoms with van der Waals surface area (Å²) in [4.78, 5) is 21.7. The van der Waals surface area contributed by atoms with Crippen LogP contribution in [-0.4, -0.2) is 30.4 Å². The van der Waals surface area contributed by atoms with Gasteiger partial charge in [0.25, 0.3) is 0 Å². The molecule has 0 bridgehead atoms. The van der Waals surface area contributed by atoms with Gasteiger partial charge in [0.05, 0.1) is 11.1 Å². The molecule has 0 spiro atoms. The van der Waals surface area contributed by atoms with Crippen LogP contribution in [0.1, 0.15) is 22.6 Å². The van der Waals surface area contributed by atoms with Gasteiger partial charge in [-0.3, -0.25) is 24.3 Å². The summed E-state index contributed by atoms with van der Waals surface area (Å²) in [6.07, 6.45) is -3.43. The molecule has 1 amide bonds. The first-order valence-corrected chi connectivity index (χ1v) is 7.05. The fourth-order valence-corrected chi connectivity index (χ4v) is 2.20. The second-order valence-electron chi connectivity index (χ2n) is 5.35. The van der Waals surface area contributed by atoms with Crippen molar-refractivity contribution in [3.63, 3.8) is 0 Å². The highest BCUT2D eigenvalue weighted by Crippen LogP contribution is 2.36. The molecule has 12 heteroatoms. The molecule has 0 atom stereocenters. The number of amides is 1. The van der Waals surface area contributed by atoms with Crippen molar-refractivity contribution in [1.82, 2.24) is 24.9 Å². The molecule has 0 radical (unpaired) electrons. The number of nitro groups is 1. The minimum atomic E-state index is -4.98. The first-order chi connectivity index (χ1) is 11.5. The Labute approximate surface area is 139 Å². The minimum absolute atomic E-state index is 0.132. The van der Waals surface area contributed by atoms with Crippen LogP contribution in [0.2, 0.25) is 0 Å². The summed E-state index contributed by atoms with van der Waals surface area (Å²) >= 11 is 0. The molecule has 0 aliphatic carbocycles. The summed E-state index contributed by atoms with van der Waals surface area (Å²) in [5, 5.41) is 20.6. The molecular weight excluding hydrogens is 345 g/mol. The average Bonchev–Trinajstić information content (AvgIpc) is 2.99. The Bertz CT molecular complexity index is 824. The summed E-state index contributed by atoms with van der Waals surface area (Å²) in [5.74, 6) is -0.627. The Morgan fingerprint density at radius 1 is 1.36 bits per heavy atom. The van der Waals surface area contributed by atoms with E-state index in [-0.39, 0.29) is 12.2 Å². The van der Waals surface area contributed by atoms with Crippen LogP contribution in [0, 0.1) is 24.0 Å². The molecule has 0 saturated carbocycles. The molecule has 1 N–H and O–H groups in total. The van der Waals surface area contributed by atoms with Gasteiger partial charge in [0.2, 0.25) is 11.6 Å². The third-order valence-corrected chi connectivity index (χ3v) is 3.73. The molecule has 2 heterocycles. The van der Waals surface area contributed by atoms with Crippen molar-refractivity contribution in [2.75, 3.05) is 0 Å². The standard InChI is InChI=1S/C13H15F3N6O3/c1-7-9(5-18-20(7)3)4-17-10(23)6-21-8(2)11(22(24)25)12(19-21)13(14,15)16/h5H,4,6H2,1-3H3,(H,17,23). The number of hydrogen-bond donors (Lipinski definition) is 1. The average molecular weight is 360 g/mol. The molecule has 0 fully saturated rings. The largest absolute Gasteiger partial charge is 0.442 e. The predicted octanol–water partition coefficient (Wildman–Crippen LogP) is 1.48. The van der Waals surface area contributed by atoms with Gasteiger partial charge < -0.3 is 5.32 Å². The Kier molecular flexibility index (Phi) is 4.81. The second kappa shape index (κ2) is 6.53. The Balaban J connectivity index is 2.15. The predicted molar refractivity (Wildman–Crippen MR) is 78.4 cm³/mol. The molecule has 2 aromatic rings. The molecule has 0 saturated heterocycles. The quantitative estimate of drug-likeness (QED) is 0.642. The molecule has 9 nitrogen and oxygen atoms in total. The van der Waals surface area contributed by atoms with E-state index in [2.05, 4.69) is 15.5 Å². The molecule has 0 unspecified atom stereocenters. The smallest absolute Gasteiger partial charge is 0.350 e. The highest BCUT2D eigenvalue weighted by molar-refractivity contribution is 5.75. The van der Waals surface area contributed by atoms with Crippen molar-refractivity contribution < 1.29 is 22.9 Å². The van der Waals surface area contributed by atoms with Gasteiger partial charge in [-0.1, -0.05) is 0 Å². The fourth-order valence-electron chi connectivity index (χ4n) is 2.20. The van der Waals surface area contributed by atoms with Crippen LogP contribution in [0.5, 0.6) is 0 Å². The lowest BCUT2D eigenvalue weighted by atomic mass is 10.2. The van der Waals surface area contributed by atoms with Crippen molar-refractivity contribution in [2.24, 2.45) is 7.05 Å². The number of halogens is 3. The monoisotopic (exact) mass is 360 g/mol. The zero-order valence-electron chi connectivity index (χ0n) is 13.6. The van der Waals surface area contributed by atoms with Crippen molar-refractivity contribution in [3.05, 3.63) is 39.0 Å². The summed E-state index contributed by atoms with van der Waals surface area (Å²) in [5.41, 5.74) is -1.54. The van der Waals surface area contributed by atoms with E-state index < -0.39 is 34.9 Å². The molecule has 2 rings (SSSR count). The van der Waals surface area contributed by atoms with Crippen LogP contribution in [0.3, 0.4) is 0 Å². The van der Waals surface area contributed by atoms with Crippen LogP contribution in [-0.2, 0) is 31.1 Å². The Morgan fingerprint density at radius 2 is 2.00 bits per heavy atom. The number of aromatic nitrogens is 4. The first-order valence-electron chi connectivity index (χ1n) is 7.05. The van der Waals surface area contributed by atoms with Crippen LogP contribution in [0.25, 0.3) is 0 Å². The van der Waals surface area contributed by atoms with E-state index in [0.717, 1.165) is 18.2 Å². The van der Waals surface area contributed by atoms with Gasteiger partial charge in [0.15, 0.2) is 0 Å². The van der Waals surface area contributed by atoms with Crippen LogP contribution >= 0.6 is 0 Å². The van der Waals surface area contributed by atoms with Gasteiger partial charge in [-0.05, 0) is 13.8 Å². The third kappa shape index (κ3) is 3.78. The van der Waals surface area contributed by atoms with Gasteiger partial charge in [-0.25, -0.2) is 0 Å². The maximum absolute atomic E-state index is 12.9. The van der Waals surface area contributed by atoms with E-state index in [0.29, 0.717) is 4.68 Å². The number of alkyl halides is 3. The normalized spacial score (nSPS) is 11.6. The number of hydrogen-bond acceptors (Lipinski definition) is 5. The first kappa shape index (κ1) is 18.4. The van der Waals surface area contributed by atoms with Crippen LogP contribution in [0.4, 0.5) is 18.9 Å². The maximum atomic E-state index is 12.9. The van der Waals surface area contributed by atoms with E-state index in [1.54, 1.807) is 24.9 Å². The topological polar surface area (TPSA) is 108 Å². The molecule has 0 aromatic carbocycles.